The Kier molecular flexibility index (Phi) is 4.48. The van der Waals surface area contributed by atoms with Crippen LogP contribution in [-0.4, -0.2) is 32.7 Å². The molecule has 3 nitrogen and oxygen atoms in total. The van der Waals surface area contributed by atoms with Gasteiger partial charge in [0.05, 0.1) is 11.4 Å². The predicted octanol–water partition coefficient (Wildman–Crippen LogP) is 2.46. The molecule has 1 aromatic carbocycles. The van der Waals surface area contributed by atoms with Crippen LogP contribution >= 0.6 is 0 Å². The molecule has 1 aliphatic heterocycles. The van der Waals surface area contributed by atoms with Crippen molar-refractivity contribution in [1.29, 1.82) is 0 Å². The molecule has 3 heteroatoms. The first kappa shape index (κ1) is 13.2. The fourth-order valence-electron chi connectivity index (χ4n) is 2.75. The molecule has 1 heterocycles. The highest BCUT2D eigenvalue weighted by Crippen LogP contribution is 2.33. The number of nitrogens with two attached hydrogens (primary N) is 1. The molecule has 1 unspecified atom stereocenters. The van der Waals surface area contributed by atoms with Crippen molar-refractivity contribution in [3.05, 3.63) is 24.3 Å². The highest BCUT2D eigenvalue weighted by molar-refractivity contribution is 5.73. The number of benzene rings is 1. The number of hydrogen-bond donors (Lipinski definition) is 1. The topological polar surface area (TPSA) is 32.5 Å². The van der Waals surface area contributed by atoms with Gasteiger partial charge < -0.3 is 15.5 Å². The molecular weight excluding hydrogens is 222 g/mol. The summed E-state index contributed by atoms with van der Waals surface area (Å²) in [5.41, 5.74) is 8.66. The van der Waals surface area contributed by atoms with E-state index in [1.807, 2.05) is 0 Å². The maximum absolute atomic E-state index is 5.98. The molecule has 0 radical (unpaired) electrons. The predicted molar refractivity (Wildman–Crippen MR) is 79.4 cm³/mol. The number of hydrogen-bond acceptors (Lipinski definition) is 3. The van der Waals surface area contributed by atoms with Gasteiger partial charge in [0.1, 0.15) is 0 Å². The first-order chi connectivity index (χ1) is 8.77. The molecular formula is C15H25N3. The van der Waals surface area contributed by atoms with Gasteiger partial charge in [-0.05, 0) is 18.6 Å². The number of likely N-dealkylation sites (N-methyl/N-ethyl adjacent to an activating group) is 1. The van der Waals surface area contributed by atoms with Crippen molar-refractivity contribution < 1.29 is 0 Å². The molecule has 100 valence electrons. The number of unbranched alkanes of at least 4 members (excludes halogenated alkanes) is 1. The van der Waals surface area contributed by atoms with E-state index in [0.29, 0.717) is 6.04 Å². The Hall–Kier alpha value is -1.22. The highest BCUT2D eigenvalue weighted by atomic mass is 15.3. The summed E-state index contributed by atoms with van der Waals surface area (Å²) < 4.78 is 0. The molecule has 0 aliphatic carbocycles. The SMILES string of the molecule is CCCCC(CN)N1CCN(C)c2ccccc21. The average Bonchev–Trinajstić information content (AvgIpc) is 2.42. The fraction of sp³-hybridized carbons (Fsp3) is 0.600. The number of fused-ring (bicyclic) bond motifs is 1. The van der Waals surface area contributed by atoms with Gasteiger partial charge in [-0.1, -0.05) is 31.9 Å². The van der Waals surface area contributed by atoms with E-state index >= 15 is 0 Å². The van der Waals surface area contributed by atoms with Crippen LogP contribution in [-0.2, 0) is 0 Å². The monoisotopic (exact) mass is 247 g/mol. The summed E-state index contributed by atoms with van der Waals surface area (Å²) in [5, 5.41) is 0. The first-order valence-electron chi connectivity index (χ1n) is 7.04. The van der Waals surface area contributed by atoms with Crippen molar-refractivity contribution in [2.45, 2.75) is 32.2 Å². The minimum atomic E-state index is 0.486. The van der Waals surface area contributed by atoms with E-state index in [-0.39, 0.29) is 0 Å². The van der Waals surface area contributed by atoms with Crippen LogP contribution in [0.15, 0.2) is 24.3 Å². The van der Waals surface area contributed by atoms with Crippen LogP contribution in [0.3, 0.4) is 0 Å². The lowest BCUT2D eigenvalue weighted by atomic mass is 10.0. The van der Waals surface area contributed by atoms with Crippen LogP contribution in [0.1, 0.15) is 26.2 Å². The molecule has 0 amide bonds. The third-order valence-corrected chi connectivity index (χ3v) is 3.88. The van der Waals surface area contributed by atoms with Gasteiger partial charge in [0, 0.05) is 32.7 Å². The standard InChI is InChI=1S/C15H25N3/c1-3-4-7-13(12-16)18-11-10-17(2)14-8-5-6-9-15(14)18/h5-6,8-9,13H,3-4,7,10-12,16H2,1-2H3. The first-order valence-corrected chi connectivity index (χ1v) is 7.04. The zero-order valence-corrected chi connectivity index (χ0v) is 11.6. The molecule has 0 aromatic heterocycles. The van der Waals surface area contributed by atoms with E-state index < -0.39 is 0 Å². The lowest BCUT2D eigenvalue weighted by Crippen LogP contribution is -2.47. The summed E-state index contributed by atoms with van der Waals surface area (Å²) in [6.07, 6.45) is 3.70. The second kappa shape index (κ2) is 6.10. The Morgan fingerprint density at radius 3 is 2.61 bits per heavy atom. The summed E-state index contributed by atoms with van der Waals surface area (Å²) in [6.45, 7) is 5.16. The lowest BCUT2D eigenvalue weighted by Gasteiger charge is -2.41. The zero-order chi connectivity index (χ0) is 13.0. The van der Waals surface area contributed by atoms with Crippen LogP contribution in [0.5, 0.6) is 0 Å². The Morgan fingerprint density at radius 1 is 1.22 bits per heavy atom. The molecule has 18 heavy (non-hydrogen) atoms. The molecule has 0 fully saturated rings. The quantitative estimate of drug-likeness (QED) is 0.867. The Balaban J connectivity index is 2.21. The normalized spacial score (nSPS) is 16.6. The second-order valence-electron chi connectivity index (χ2n) is 5.14. The fourth-order valence-corrected chi connectivity index (χ4v) is 2.75. The maximum atomic E-state index is 5.98. The minimum absolute atomic E-state index is 0.486. The van der Waals surface area contributed by atoms with Gasteiger partial charge >= 0.3 is 0 Å². The summed E-state index contributed by atoms with van der Waals surface area (Å²) in [6, 6.07) is 9.15. The van der Waals surface area contributed by atoms with Gasteiger partial charge in [-0.25, -0.2) is 0 Å². The van der Waals surface area contributed by atoms with Crippen LogP contribution in [0, 0.1) is 0 Å². The largest absolute Gasteiger partial charge is 0.371 e. The number of para-hydroxylation sites is 2. The van der Waals surface area contributed by atoms with E-state index in [1.54, 1.807) is 0 Å². The van der Waals surface area contributed by atoms with Crippen LogP contribution in [0.25, 0.3) is 0 Å². The number of nitrogens with zero attached hydrogens (tertiary/aromatic N) is 2. The van der Waals surface area contributed by atoms with E-state index in [0.717, 1.165) is 19.6 Å². The van der Waals surface area contributed by atoms with E-state index in [9.17, 15) is 0 Å². The van der Waals surface area contributed by atoms with Crippen LogP contribution in [0.2, 0.25) is 0 Å². The van der Waals surface area contributed by atoms with Crippen molar-refractivity contribution in [2.24, 2.45) is 5.73 Å². The maximum Gasteiger partial charge on any atom is 0.0607 e. The van der Waals surface area contributed by atoms with Crippen molar-refractivity contribution >= 4 is 11.4 Å². The molecule has 0 bridgehead atoms. The molecule has 2 rings (SSSR count). The van der Waals surface area contributed by atoms with Gasteiger partial charge in [-0.3, -0.25) is 0 Å². The third-order valence-electron chi connectivity index (χ3n) is 3.88. The van der Waals surface area contributed by atoms with Crippen molar-refractivity contribution in [1.82, 2.24) is 0 Å². The average molecular weight is 247 g/mol. The highest BCUT2D eigenvalue weighted by Gasteiger charge is 2.24. The Labute approximate surface area is 111 Å². The van der Waals surface area contributed by atoms with E-state index in [2.05, 4.69) is 48.0 Å². The molecule has 0 saturated carbocycles. The van der Waals surface area contributed by atoms with E-state index in [4.69, 9.17) is 5.73 Å². The molecule has 2 N–H and O–H groups in total. The van der Waals surface area contributed by atoms with Crippen molar-refractivity contribution in [3.63, 3.8) is 0 Å². The third kappa shape index (κ3) is 2.61. The number of rotatable bonds is 5. The van der Waals surface area contributed by atoms with Crippen LogP contribution in [0.4, 0.5) is 11.4 Å². The van der Waals surface area contributed by atoms with Gasteiger partial charge in [-0.15, -0.1) is 0 Å². The van der Waals surface area contributed by atoms with Crippen molar-refractivity contribution in [3.8, 4) is 0 Å². The van der Waals surface area contributed by atoms with Crippen molar-refractivity contribution in [2.75, 3.05) is 36.5 Å². The summed E-state index contributed by atoms with van der Waals surface area (Å²) in [7, 11) is 2.17. The van der Waals surface area contributed by atoms with E-state index in [1.165, 1.54) is 30.6 Å². The summed E-state index contributed by atoms with van der Waals surface area (Å²) in [4.78, 5) is 4.84. The lowest BCUT2D eigenvalue weighted by molar-refractivity contribution is 0.526. The molecule has 1 atom stereocenters. The Bertz CT molecular complexity index is 378. The summed E-state index contributed by atoms with van der Waals surface area (Å²) in [5.74, 6) is 0. The molecule has 0 saturated heterocycles. The van der Waals surface area contributed by atoms with Gasteiger partial charge in [0.2, 0.25) is 0 Å². The van der Waals surface area contributed by atoms with Gasteiger partial charge in [-0.2, -0.15) is 0 Å². The molecule has 0 spiro atoms. The Morgan fingerprint density at radius 2 is 1.94 bits per heavy atom. The smallest absolute Gasteiger partial charge is 0.0607 e. The minimum Gasteiger partial charge on any atom is -0.371 e. The van der Waals surface area contributed by atoms with Gasteiger partial charge in [0.25, 0.3) is 0 Å². The number of anilines is 2. The zero-order valence-electron chi connectivity index (χ0n) is 11.6. The molecule has 1 aliphatic rings. The second-order valence-corrected chi connectivity index (χ2v) is 5.14. The van der Waals surface area contributed by atoms with Gasteiger partial charge in [0.15, 0.2) is 0 Å². The van der Waals surface area contributed by atoms with Crippen LogP contribution < -0.4 is 15.5 Å². The summed E-state index contributed by atoms with van der Waals surface area (Å²) >= 11 is 0. The molecule has 1 aromatic rings.